The van der Waals surface area contributed by atoms with Crippen LogP contribution in [0.4, 0.5) is 5.13 Å². The van der Waals surface area contributed by atoms with Crippen molar-refractivity contribution in [3.8, 4) is 11.3 Å². The molecule has 0 bridgehead atoms. The molecule has 0 amide bonds. The zero-order valence-electron chi connectivity index (χ0n) is 15.7. The molecule has 2 aromatic carbocycles. The second-order valence-electron chi connectivity index (χ2n) is 7.02. The molecule has 1 atom stereocenters. The van der Waals surface area contributed by atoms with Gasteiger partial charge in [0.1, 0.15) is 0 Å². The normalized spacial score (nSPS) is 16.3. The van der Waals surface area contributed by atoms with E-state index in [0.717, 1.165) is 33.5 Å². The third kappa shape index (κ3) is 3.73. The number of thiophene rings is 1. The molecule has 3 nitrogen and oxygen atoms in total. The molecule has 1 aliphatic rings. The molecule has 4 aromatic rings. The summed E-state index contributed by atoms with van der Waals surface area (Å²) in [7, 11) is 0. The summed E-state index contributed by atoms with van der Waals surface area (Å²) in [6.45, 7) is 2.10. The van der Waals surface area contributed by atoms with E-state index in [1.54, 1.807) is 22.7 Å². The highest BCUT2D eigenvalue weighted by molar-refractivity contribution is 7.14. The summed E-state index contributed by atoms with van der Waals surface area (Å²) in [6, 6.07) is 20.8. The van der Waals surface area contributed by atoms with Crippen LogP contribution in [-0.2, 0) is 0 Å². The quantitative estimate of drug-likeness (QED) is 0.339. The first-order valence-electron chi connectivity index (χ1n) is 9.36. The van der Waals surface area contributed by atoms with E-state index in [0.29, 0.717) is 0 Å². The van der Waals surface area contributed by atoms with Gasteiger partial charge in [-0.3, -0.25) is 0 Å². The van der Waals surface area contributed by atoms with Gasteiger partial charge in [0, 0.05) is 22.4 Å². The number of nitrogens with zero attached hydrogens (tertiary/aromatic N) is 3. The summed E-state index contributed by atoms with van der Waals surface area (Å²) < 4.78 is 0. The lowest BCUT2D eigenvalue weighted by Crippen LogP contribution is -2.18. The van der Waals surface area contributed by atoms with Gasteiger partial charge in [0.2, 0.25) is 5.13 Å². The third-order valence-electron chi connectivity index (χ3n) is 5.01. The van der Waals surface area contributed by atoms with Crippen LogP contribution in [0.1, 0.15) is 28.5 Å². The smallest absolute Gasteiger partial charge is 0.207 e. The Labute approximate surface area is 182 Å². The van der Waals surface area contributed by atoms with Crippen LogP contribution < -0.4 is 5.01 Å². The van der Waals surface area contributed by atoms with E-state index in [2.05, 4.69) is 71.2 Å². The van der Waals surface area contributed by atoms with Crippen LogP contribution >= 0.6 is 34.3 Å². The average molecular weight is 436 g/mol. The van der Waals surface area contributed by atoms with Gasteiger partial charge < -0.3 is 0 Å². The molecule has 5 rings (SSSR count). The van der Waals surface area contributed by atoms with Crippen molar-refractivity contribution in [1.82, 2.24) is 4.98 Å². The lowest BCUT2D eigenvalue weighted by molar-refractivity contribution is 0.706. The molecule has 0 fully saturated rings. The second kappa shape index (κ2) is 7.75. The van der Waals surface area contributed by atoms with Gasteiger partial charge >= 0.3 is 0 Å². The van der Waals surface area contributed by atoms with Gasteiger partial charge in [-0.1, -0.05) is 59.6 Å². The molecule has 1 aliphatic heterocycles. The number of benzene rings is 2. The first-order chi connectivity index (χ1) is 14.2. The summed E-state index contributed by atoms with van der Waals surface area (Å²) >= 11 is 9.47. The monoisotopic (exact) mass is 435 g/mol. The van der Waals surface area contributed by atoms with E-state index < -0.39 is 0 Å². The van der Waals surface area contributed by atoms with Crippen molar-refractivity contribution in [1.29, 1.82) is 0 Å². The molecule has 0 saturated heterocycles. The molecule has 0 radical (unpaired) electrons. The minimum absolute atomic E-state index is 0.112. The number of aromatic nitrogens is 1. The Balaban J connectivity index is 1.52. The second-order valence-corrected chi connectivity index (χ2v) is 9.24. The molecule has 0 unspecified atom stereocenters. The Morgan fingerprint density at radius 2 is 1.79 bits per heavy atom. The van der Waals surface area contributed by atoms with Crippen LogP contribution in [0.5, 0.6) is 0 Å². The van der Waals surface area contributed by atoms with E-state index in [-0.39, 0.29) is 6.04 Å². The molecule has 3 heterocycles. The van der Waals surface area contributed by atoms with Crippen LogP contribution in [0.25, 0.3) is 11.3 Å². The van der Waals surface area contributed by atoms with Gasteiger partial charge in [-0.15, -0.1) is 22.7 Å². The van der Waals surface area contributed by atoms with Crippen LogP contribution in [0.2, 0.25) is 5.02 Å². The predicted octanol–water partition coefficient (Wildman–Crippen LogP) is 7.19. The predicted molar refractivity (Wildman–Crippen MR) is 124 cm³/mol. The van der Waals surface area contributed by atoms with E-state index in [1.165, 1.54) is 16.0 Å². The maximum absolute atomic E-state index is 6.11. The molecule has 0 N–H and O–H groups in total. The molecule has 29 heavy (non-hydrogen) atoms. The summed E-state index contributed by atoms with van der Waals surface area (Å²) in [5.74, 6) is 0. The number of hydrazone groups is 1. The van der Waals surface area contributed by atoms with Crippen molar-refractivity contribution in [2.45, 2.75) is 19.4 Å². The van der Waals surface area contributed by atoms with Crippen molar-refractivity contribution >= 4 is 45.1 Å². The molecular weight excluding hydrogens is 418 g/mol. The number of rotatable bonds is 4. The van der Waals surface area contributed by atoms with Crippen LogP contribution in [0, 0.1) is 6.92 Å². The highest BCUT2D eigenvalue weighted by Gasteiger charge is 2.32. The van der Waals surface area contributed by atoms with Gasteiger partial charge in [-0.2, -0.15) is 5.10 Å². The minimum atomic E-state index is 0.112. The average Bonchev–Trinajstić information content (AvgIpc) is 3.48. The van der Waals surface area contributed by atoms with Crippen molar-refractivity contribution in [3.63, 3.8) is 0 Å². The number of anilines is 1. The molecular formula is C23H18ClN3S2. The SMILES string of the molecule is Cc1ccc(-c2csc(N3N=C(c4cccs4)C[C@H]3c3ccc(Cl)cc3)n2)cc1. The van der Waals surface area contributed by atoms with E-state index in [1.807, 2.05) is 12.1 Å². The summed E-state index contributed by atoms with van der Waals surface area (Å²) in [5.41, 5.74) is 5.66. The molecule has 144 valence electrons. The number of thiazole rings is 1. The minimum Gasteiger partial charge on any atom is -0.231 e. The van der Waals surface area contributed by atoms with Gasteiger partial charge in [0.15, 0.2) is 0 Å². The highest BCUT2D eigenvalue weighted by atomic mass is 35.5. The maximum atomic E-state index is 6.11. The Hall–Kier alpha value is -2.47. The first-order valence-corrected chi connectivity index (χ1v) is 11.5. The Morgan fingerprint density at radius 3 is 2.52 bits per heavy atom. The number of aryl methyl sites for hydroxylation is 1. The van der Waals surface area contributed by atoms with Gasteiger partial charge in [-0.05, 0) is 36.1 Å². The van der Waals surface area contributed by atoms with Gasteiger partial charge in [0.05, 0.1) is 22.3 Å². The third-order valence-corrected chi connectivity index (χ3v) is 7.01. The van der Waals surface area contributed by atoms with E-state index >= 15 is 0 Å². The van der Waals surface area contributed by atoms with Crippen LogP contribution in [-0.4, -0.2) is 10.7 Å². The fourth-order valence-corrected chi connectivity index (χ4v) is 5.13. The fraction of sp³-hybridized carbons (Fsp3) is 0.130. The summed E-state index contributed by atoms with van der Waals surface area (Å²) in [5, 5.41) is 12.9. The first kappa shape index (κ1) is 18.6. The molecule has 0 aliphatic carbocycles. The Morgan fingerprint density at radius 1 is 1.00 bits per heavy atom. The molecule has 2 aromatic heterocycles. The van der Waals surface area contributed by atoms with Crippen molar-refractivity contribution in [2.24, 2.45) is 5.10 Å². The van der Waals surface area contributed by atoms with E-state index in [4.69, 9.17) is 21.7 Å². The topological polar surface area (TPSA) is 28.5 Å². The van der Waals surface area contributed by atoms with Crippen LogP contribution in [0.15, 0.2) is 76.5 Å². The number of halogens is 1. The van der Waals surface area contributed by atoms with Gasteiger partial charge in [0.25, 0.3) is 0 Å². The molecule has 0 spiro atoms. The zero-order chi connectivity index (χ0) is 19.8. The lowest BCUT2D eigenvalue weighted by Gasteiger charge is -2.21. The van der Waals surface area contributed by atoms with Crippen LogP contribution in [0.3, 0.4) is 0 Å². The Kier molecular flexibility index (Phi) is 4.96. The maximum Gasteiger partial charge on any atom is 0.207 e. The summed E-state index contributed by atoms with van der Waals surface area (Å²) in [4.78, 5) is 6.13. The fourth-order valence-electron chi connectivity index (χ4n) is 3.45. The lowest BCUT2D eigenvalue weighted by atomic mass is 10.0. The zero-order valence-corrected chi connectivity index (χ0v) is 18.1. The van der Waals surface area contributed by atoms with Crippen molar-refractivity contribution < 1.29 is 0 Å². The standard InChI is InChI=1S/C23H18ClN3S2/c1-15-4-6-16(7-5-15)20-14-29-23(25-20)27-21(17-8-10-18(24)11-9-17)13-19(26-27)22-3-2-12-28-22/h2-12,14,21H,13H2,1H3/t21-/m0/s1. The van der Waals surface area contributed by atoms with Gasteiger partial charge in [-0.25, -0.2) is 9.99 Å². The Bertz CT molecular complexity index is 1150. The van der Waals surface area contributed by atoms with E-state index in [9.17, 15) is 0 Å². The molecule has 0 saturated carbocycles. The van der Waals surface area contributed by atoms with Crippen molar-refractivity contribution in [2.75, 3.05) is 5.01 Å². The number of hydrogen-bond acceptors (Lipinski definition) is 5. The van der Waals surface area contributed by atoms with Crippen molar-refractivity contribution in [3.05, 3.63) is 92.5 Å². The summed E-state index contributed by atoms with van der Waals surface area (Å²) in [6.07, 6.45) is 0.849. The highest BCUT2D eigenvalue weighted by Crippen LogP contribution is 2.40. The largest absolute Gasteiger partial charge is 0.231 e. The number of hydrogen-bond donors (Lipinski definition) is 0. The molecule has 6 heteroatoms.